The molecule has 1 heterocycles. The van der Waals surface area contributed by atoms with Gasteiger partial charge in [-0.15, -0.1) is 0 Å². The Bertz CT molecular complexity index is 391. The largest absolute Gasteiger partial charge is 0.395 e. The van der Waals surface area contributed by atoms with Gasteiger partial charge in [-0.2, -0.15) is 0 Å². The van der Waals surface area contributed by atoms with E-state index in [0.29, 0.717) is 13.0 Å². The molecule has 6 nitrogen and oxygen atoms in total. The molecule has 1 aliphatic heterocycles. The molecule has 1 unspecified atom stereocenters. The molecule has 1 amide bonds. The van der Waals surface area contributed by atoms with Gasteiger partial charge >= 0.3 is 0 Å². The first-order valence-electron chi connectivity index (χ1n) is 6.69. The highest BCUT2D eigenvalue weighted by molar-refractivity contribution is 7.91. The third kappa shape index (κ3) is 5.08. The minimum atomic E-state index is -2.97. The molecule has 19 heavy (non-hydrogen) atoms. The summed E-state index contributed by atoms with van der Waals surface area (Å²) in [6.07, 6.45) is 1.44. The Labute approximate surface area is 115 Å². The topological polar surface area (TPSA) is 77.9 Å². The van der Waals surface area contributed by atoms with Gasteiger partial charge in [0, 0.05) is 19.6 Å². The summed E-state index contributed by atoms with van der Waals surface area (Å²) in [5.74, 6) is 0.164. The molecule has 7 heteroatoms. The summed E-state index contributed by atoms with van der Waals surface area (Å²) in [5, 5.41) is 8.95. The van der Waals surface area contributed by atoms with Crippen LogP contribution in [0.3, 0.4) is 0 Å². The Morgan fingerprint density at radius 3 is 2.53 bits per heavy atom. The van der Waals surface area contributed by atoms with Crippen LogP contribution in [0.1, 0.15) is 19.8 Å². The molecule has 0 aromatic carbocycles. The molecule has 1 saturated heterocycles. The molecule has 112 valence electrons. The van der Waals surface area contributed by atoms with E-state index in [9.17, 15) is 13.2 Å². The maximum absolute atomic E-state index is 12.1. The summed E-state index contributed by atoms with van der Waals surface area (Å²) in [6, 6.07) is -0.199. The number of hydrogen-bond acceptors (Lipinski definition) is 5. The van der Waals surface area contributed by atoms with Crippen LogP contribution in [0.5, 0.6) is 0 Å². The maximum atomic E-state index is 12.1. The molecule has 1 atom stereocenters. The zero-order chi connectivity index (χ0) is 14.5. The fraction of sp³-hybridized carbons (Fsp3) is 0.917. The van der Waals surface area contributed by atoms with Gasteiger partial charge in [-0.3, -0.25) is 9.69 Å². The van der Waals surface area contributed by atoms with Crippen LogP contribution in [0.25, 0.3) is 0 Å². The average Bonchev–Trinajstić information content (AvgIpc) is 2.69. The Balaban J connectivity index is 2.52. The predicted molar refractivity (Wildman–Crippen MR) is 73.6 cm³/mol. The van der Waals surface area contributed by atoms with E-state index >= 15 is 0 Å². The number of aliphatic hydroxyl groups excluding tert-OH is 1. The van der Waals surface area contributed by atoms with Gasteiger partial charge in [0.25, 0.3) is 0 Å². The minimum Gasteiger partial charge on any atom is -0.395 e. The molecule has 1 rings (SSSR count). The van der Waals surface area contributed by atoms with Crippen molar-refractivity contribution in [3.8, 4) is 0 Å². The SMILES string of the molecule is CCCN(CCO)CC(=O)N(C)C1CCS(=O)(=O)C1. The van der Waals surface area contributed by atoms with Crippen molar-refractivity contribution < 1.29 is 18.3 Å². The van der Waals surface area contributed by atoms with E-state index in [0.717, 1.165) is 13.0 Å². The van der Waals surface area contributed by atoms with Crippen LogP contribution in [0.2, 0.25) is 0 Å². The molecular formula is C12H24N2O4S. The van der Waals surface area contributed by atoms with Crippen molar-refractivity contribution in [2.45, 2.75) is 25.8 Å². The Morgan fingerprint density at radius 2 is 2.05 bits per heavy atom. The number of carbonyl (C=O) groups is 1. The Morgan fingerprint density at radius 1 is 1.37 bits per heavy atom. The van der Waals surface area contributed by atoms with Crippen molar-refractivity contribution in [3.63, 3.8) is 0 Å². The third-order valence-electron chi connectivity index (χ3n) is 3.46. The van der Waals surface area contributed by atoms with Crippen molar-refractivity contribution in [2.75, 3.05) is 44.8 Å². The number of carbonyl (C=O) groups excluding carboxylic acids is 1. The molecular weight excluding hydrogens is 268 g/mol. The smallest absolute Gasteiger partial charge is 0.236 e. The summed E-state index contributed by atoms with van der Waals surface area (Å²) < 4.78 is 22.8. The second kappa shape index (κ2) is 7.21. The standard InChI is InChI=1S/C12H24N2O4S/c1-3-5-14(6-7-15)9-12(16)13(2)11-4-8-19(17,18)10-11/h11,15H,3-10H2,1-2H3. The molecule has 1 fully saturated rings. The lowest BCUT2D eigenvalue weighted by atomic mass is 10.2. The lowest BCUT2D eigenvalue weighted by Gasteiger charge is -2.27. The fourth-order valence-electron chi connectivity index (χ4n) is 2.31. The van der Waals surface area contributed by atoms with Crippen LogP contribution >= 0.6 is 0 Å². The van der Waals surface area contributed by atoms with Crippen LogP contribution in [0.15, 0.2) is 0 Å². The first-order valence-corrected chi connectivity index (χ1v) is 8.51. The second-order valence-corrected chi connectivity index (χ2v) is 7.29. The van der Waals surface area contributed by atoms with Gasteiger partial charge < -0.3 is 10.0 Å². The highest BCUT2D eigenvalue weighted by Gasteiger charge is 2.32. The van der Waals surface area contributed by atoms with Crippen molar-refractivity contribution >= 4 is 15.7 Å². The zero-order valence-electron chi connectivity index (χ0n) is 11.7. The average molecular weight is 292 g/mol. The van der Waals surface area contributed by atoms with Crippen molar-refractivity contribution in [1.29, 1.82) is 0 Å². The molecule has 1 aliphatic rings. The van der Waals surface area contributed by atoms with E-state index in [4.69, 9.17) is 5.11 Å². The van der Waals surface area contributed by atoms with Gasteiger partial charge in [0.15, 0.2) is 9.84 Å². The van der Waals surface area contributed by atoms with Crippen molar-refractivity contribution in [2.24, 2.45) is 0 Å². The molecule has 1 N–H and O–H groups in total. The van der Waals surface area contributed by atoms with Crippen LogP contribution in [0, 0.1) is 0 Å². The molecule has 0 aromatic heterocycles. The third-order valence-corrected chi connectivity index (χ3v) is 5.21. The monoisotopic (exact) mass is 292 g/mol. The number of rotatable bonds is 7. The number of aliphatic hydroxyl groups is 1. The van der Waals surface area contributed by atoms with Gasteiger partial charge in [-0.05, 0) is 19.4 Å². The quantitative estimate of drug-likeness (QED) is 0.674. The molecule has 0 aliphatic carbocycles. The normalized spacial score (nSPS) is 21.8. The first kappa shape index (κ1) is 16.4. The molecule has 0 spiro atoms. The van der Waals surface area contributed by atoms with E-state index in [-0.39, 0.29) is 36.6 Å². The summed E-state index contributed by atoms with van der Waals surface area (Å²) in [7, 11) is -1.31. The maximum Gasteiger partial charge on any atom is 0.236 e. The van der Waals surface area contributed by atoms with Crippen molar-refractivity contribution in [1.82, 2.24) is 9.80 Å². The summed E-state index contributed by atoms with van der Waals surface area (Å²) in [4.78, 5) is 15.5. The molecule has 0 aromatic rings. The van der Waals surface area contributed by atoms with Crippen LogP contribution in [-0.2, 0) is 14.6 Å². The van der Waals surface area contributed by atoms with Crippen LogP contribution in [-0.4, -0.2) is 80.1 Å². The lowest BCUT2D eigenvalue weighted by molar-refractivity contribution is -0.132. The number of nitrogens with zero attached hydrogens (tertiary/aromatic N) is 2. The highest BCUT2D eigenvalue weighted by atomic mass is 32.2. The van der Waals surface area contributed by atoms with Gasteiger partial charge in [-0.1, -0.05) is 6.92 Å². The van der Waals surface area contributed by atoms with E-state index in [1.165, 1.54) is 0 Å². The molecule has 0 saturated carbocycles. The first-order chi connectivity index (χ1) is 8.89. The molecule has 0 bridgehead atoms. The summed E-state index contributed by atoms with van der Waals surface area (Å²) >= 11 is 0. The second-order valence-electron chi connectivity index (χ2n) is 5.06. The Kier molecular flexibility index (Phi) is 6.22. The summed E-state index contributed by atoms with van der Waals surface area (Å²) in [5.41, 5.74) is 0. The predicted octanol–water partition coefficient (Wildman–Crippen LogP) is -0.664. The number of sulfone groups is 1. The van der Waals surface area contributed by atoms with Crippen molar-refractivity contribution in [3.05, 3.63) is 0 Å². The number of hydrogen-bond donors (Lipinski definition) is 1. The van der Waals surface area contributed by atoms with Gasteiger partial charge in [0.05, 0.1) is 24.7 Å². The fourth-order valence-corrected chi connectivity index (χ4v) is 4.09. The van der Waals surface area contributed by atoms with E-state index in [1.54, 1.807) is 11.9 Å². The lowest BCUT2D eigenvalue weighted by Crippen LogP contribution is -2.44. The van der Waals surface area contributed by atoms with E-state index < -0.39 is 9.84 Å². The minimum absolute atomic E-state index is 0.0226. The van der Waals surface area contributed by atoms with Gasteiger partial charge in [0.2, 0.25) is 5.91 Å². The number of likely N-dealkylation sites (N-methyl/N-ethyl adjacent to an activating group) is 1. The van der Waals surface area contributed by atoms with E-state index in [1.807, 2.05) is 11.8 Å². The summed E-state index contributed by atoms with van der Waals surface area (Å²) in [6.45, 7) is 3.50. The molecule has 0 radical (unpaired) electrons. The number of amides is 1. The van der Waals surface area contributed by atoms with Crippen LogP contribution < -0.4 is 0 Å². The Hall–Kier alpha value is -0.660. The zero-order valence-corrected chi connectivity index (χ0v) is 12.5. The van der Waals surface area contributed by atoms with Gasteiger partial charge in [-0.25, -0.2) is 8.42 Å². The highest BCUT2D eigenvalue weighted by Crippen LogP contribution is 2.16. The van der Waals surface area contributed by atoms with E-state index in [2.05, 4.69) is 0 Å². The van der Waals surface area contributed by atoms with Crippen LogP contribution in [0.4, 0.5) is 0 Å². The van der Waals surface area contributed by atoms with Gasteiger partial charge in [0.1, 0.15) is 0 Å².